The number of nitrogens with one attached hydrogen (secondary N) is 1. The minimum atomic E-state index is 0.620. The molecular weight excluding hydrogens is 136 g/mol. The van der Waals surface area contributed by atoms with Crippen LogP contribution in [0.25, 0.3) is 0 Å². The molecule has 11 heavy (non-hydrogen) atoms. The van der Waals surface area contributed by atoms with E-state index in [-0.39, 0.29) is 0 Å². The zero-order valence-electron chi connectivity index (χ0n) is 8.06. The van der Waals surface area contributed by atoms with Crippen LogP contribution < -0.4 is 11.1 Å². The Hall–Kier alpha value is -0.0800. The summed E-state index contributed by atoms with van der Waals surface area (Å²) in [6, 6.07) is 0.620. The zero-order valence-corrected chi connectivity index (χ0v) is 8.06. The van der Waals surface area contributed by atoms with Gasteiger partial charge < -0.3 is 11.1 Å². The molecule has 0 fully saturated rings. The highest BCUT2D eigenvalue weighted by Gasteiger charge is 2.14. The molecule has 0 radical (unpaired) electrons. The molecule has 0 aliphatic carbocycles. The van der Waals surface area contributed by atoms with E-state index >= 15 is 0 Å². The molecule has 2 nitrogen and oxygen atoms in total. The SMILES string of the molecule is CCCC(NC)C(CC)CN. The van der Waals surface area contributed by atoms with Crippen molar-refractivity contribution in [3.63, 3.8) is 0 Å². The molecule has 0 aliphatic heterocycles. The molecule has 0 aromatic heterocycles. The molecule has 0 rings (SSSR count). The van der Waals surface area contributed by atoms with E-state index in [2.05, 4.69) is 19.2 Å². The number of rotatable bonds is 6. The summed E-state index contributed by atoms with van der Waals surface area (Å²) in [5.41, 5.74) is 5.65. The van der Waals surface area contributed by atoms with Gasteiger partial charge in [-0.1, -0.05) is 26.7 Å². The van der Waals surface area contributed by atoms with Crippen molar-refractivity contribution < 1.29 is 0 Å². The zero-order chi connectivity index (χ0) is 8.69. The van der Waals surface area contributed by atoms with Gasteiger partial charge >= 0.3 is 0 Å². The summed E-state index contributed by atoms with van der Waals surface area (Å²) in [6.07, 6.45) is 3.66. The van der Waals surface area contributed by atoms with Gasteiger partial charge in [0.25, 0.3) is 0 Å². The lowest BCUT2D eigenvalue weighted by molar-refractivity contribution is 0.348. The first-order valence-electron chi connectivity index (χ1n) is 4.67. The predicted octanol–water partition coefficient (Wildman–Crippen LogP) is 1.36. The van der Waals surface area contributed by atoms with Crippen molar-refractivity contribution >= 4 is 0 Å². The van der Waals surface area contributed by atoms with Gasteiger partial charge in [-0.3, -0.25) is 0 Å². The van der Waals surface area contributed by atoms with Gasteiger partial charge in [0, 0.05) is 6.04 Å². The van der Waals surface area contributed by atoms with Crippen molar-refractivity contribution in [2.75, 3.05) is 13.6 Å². The molecule has 0 saturated heterocycles. The van der Waals surface area contributed by atoms with Crippen molar-refractivity contribution in [3.8, 4) is 0 Å². The molecule has 0 saturated carbocycles. The van der Waals surface area contributed by atoms with Crippen LogP contribution in [0.2, 0.25) is 0 Å². The standard InChI is InChI=1S/C9H22N2/c1-4-6-9(11-3)8(5-2)7-10/h8-9,11H,4-7,10H2,1-3H3. The Morgan fingerprint density at radius 1 is 1.36 bits per heavy atom. The molecule has 0 heterocycles. The van der Waals surface area contributed by atoms with Gasteiger partial charge in [0.2, 0.25) is 0 Å². The maximum atomic E-state index is 5.65. The van der Waals surface area contributed by atoms with Gasteiger partial charge in [-0.05, 0) is 25.9 Å². The van der Waals surface area contributed by atoms with Crippen LogP contribution >= 0.6 is 0 Å². The average molecular weight is 158 g/mol. The third-order valence-corrected chi connectivity index (χ3v) is 2.37. The van der Waals surface area contributed by atoms with Crippen LogP contribution in [0.3, 0.4) is 0 Å². The van der Waals surface area contributed by atoms with E-state index in [4.69, 9.17) is 5.73 Å². The van der Waals surface area contributed by atoms with Crippen molar-refractivity contribution in [1.82, 2.24) is 5.32 Å². The highest BCUT2D eigenvalue weighted by molar-refractivity contribution is 4.74. The summed E-state index contributed by atoms with van der Waals surface area (Å²) in [4.78, 5) is 0. The lowest BCUT2D eigenvalue weighted by atomic mass is 9.94. The second kappa shape index (κ2) is 6.62. The molecule has 0 spiro atoms. The van der Waals surface area contributed by atoms with Crippen LogP contribution in [0.1, 0.15) is 33.1 Å². The van der Waals surface area contributed by atoms with Gasteiger partial charge in [-0.15, -0.1) is 0 Å². The van der Waals surface area contributed by atoms with Crippen molar-refractivity contribution in [3.05, 3.63) is 0 Å². The summed E-state index contributed by atoms with van der Waals surface area (Å²) in [7, 11) is 2.03. The quantitative estimate of drug-likeness (QED) is 0.612. The molecule has 3 N–H and O–H groups in total. The molecule has 0 amide bonds. The number of hydrogen-bond donors (Lipinski definition) is 2. The van der Waals surface area contributed by atoms with E-state index in [1.807, 2.05) is 7.05 Å². The molecule has 68 valence electrons. The summed E-state index contributed by atoms with van der Waals surface area (Å²) in [6.45, 7) is 5.23. The van der Waals surface area contributed by atoms with Gasteiger partial charge in [-0.2, -0.15) is 0 Å². The molecule has 2 atom stereocenters. The maximum Gasteiger partial charge on any atom is 0.0104 e. The lowest BCUT2D eigenvalue weighted by Crippen LogP contribution is -2.37. The molecule has 2 heteroatoms. The Morgan fingerprint density at radius 3 is 2.27 bits per heavy atom. The second-order valence-electron chi connectivity index (χ2n) is 3.09. The minimum Gasteiger partial charge on any atom is -0.330 e. The first kappa shape index (κ1) is 10.9. The van der Waals surface area contributed by atoms with Crippen LogP contribution in [0.5, 0.6) is 0 Å². The Balaban J connectivity index is 3.76. The topological polar surface area (TPSA) is 38.0 Å². The Kier molecular flexibility index (Phi) is 6.57. The van der Waals surface area contributed by atoms with E-state index in [0.29, 0.717) is 12.0 Å². The minimum absolute atomic E-state index is 0.620. The van der Waals surface area contributed by atoms with Crippen LogP contribution in [0, 0.1) is 5.92 Å². The summed E-state index contributed by atoms with van der Waals surface area (Å²) >= 11 is 0. The third-order valence-electron chi connectivity index (χ3n) is 2.37. The fourth-order valence-electron chi connectivity index (χ4n) is 1.54. The summed E-state index contributed by atoms with van der Waals surface area (Å²) in [5.74, 6) is 0.653. The third kappa shape index (κ3) is 3.73. The van der Waals surface area contributed by atoms with E-state index in [0.717, 1.165) is 6.54 Å². The molecule has 0 aromatic rings. The van der Waals surface area contributed by atoms with Crippen LogP contribution in [0.15, 0.2) is 0 Å². The first-order chi connectivity index (χ1) is 5.29. The van der Waals surface area contributed by atoms with Crippen LogP contribution in [-0.4, -0.2) is 19.6 Å². The van der Waals surface area contributed by atoms with Crippen molar-refractivity contribution in [2.45, 2.75) is 39.2 Å². The first-order valence-corrected chi connectivity index (χ1v) is 4.67. The van der Waals surface area contributed by atoms with E-state index in [1.54, 1.807) is 0 Å². The molecule has 0 aromatic carbocycles. The second-order valence-corrected chi connectivity index (χ2v) is 3.09. The van der Waals surface area contributed by atoms with Gasteiger partial charge in [-0.25, -0.2) is 0 Å². The fourth-order valence-corrected chi connectivity index (χ4v) is 1.54. The van der Waals surface area contributed by atoms with Crippen molar-refractivity contribution in [2.24, 2.45) is 11.7 Å². The Labute approximate surface area is 70.5 Å². The van der Waals surface area contributed by atoms with E-state index in [9.17, 15) is 0 Å². The van der Waals surface area contributed by atoms with Crippen LogP contribution in [-0.2, 0) is 0 Å². The predicted molar refractivity (Wildman–Crippen MR) is 50.6 cm³/mol. The Bertz CT molecular complexity index is 79.6. The average Bonchev–Trinajstić information content (AvgIpc) is 2.05. The van der Waals surface area contributed by atoms with Gasteiger partial charge in [0.1, 0.15) is 0 Å². The number of nitrogens with two attached hydrogens (primary N) is 1. The monoisotopic (exact) mass is 158 g/mol. The highest BCUT2D eigenvalue weighted by Crippen LogP contribution is 2.11. The fraction of sp³-hybridized carbons (Fsp3) is 1.00. The molecule has 2 unspecified atom stereocenters. The molecular formula is C9H22N2. The smallest absolute Gasteiger partial charge is 0.0104 e. The summed E-state index contributed by atoms with van der Waals surface area (Å²) in [5, 5.41) is 3.32. The van der Waals surface area contributed by atoms with Crippen LogP contribution in [0.4, 0.5) is 0 Å². The maximum absolute atomic E-state index is 5.65. The molecule has 0 aliphatic rings. The van der Waals surface area contributed by atoms with Crippen molar-refractivity contribution in [1.29, 1.82) is 0 Å². The van der Waals surface area contributed by atoms with E-state index < -0.39 is 0 Å². The van der Waals surface area contributed by atoms with Gasteiger partial charge in [0.15, 0.2) is 0 Å². The van der Waals surface area contributed by atoms with E-state index in [1.165, 1.54) is 19.3 Å². The number of hydrogen-bond acceptors (Lipinski definition) is 2. The molecule has 0 bridgehead atoms. The Morgan fingerprint density at radius 2 is 2.00 bits per heavy atom. The normalized spacial score (nSPS) is 16.4. The summed E-state index contributed by atoms with van der Waals surface area (Å²) < 4.78 is 0. The highest BCUT2D eigenvalue weighted by atomic mass is 14.9. The lowest BCUT2D eigenvalue weighted by Gasteiger charge is -2.23. The largest absolute Gasteiger partial charge is 0.330 e. The van der Waals surface area contributed by atoms with Gasteiger partial charge in [0.05, 0.1) is 0 Å².